The van der Waals surface area contributed by atoms with Crippen LogP contribution in [0.15, 0.2) is 93.9 Å². The zero-order valence-corrected chi connectivity index (χ0v) is 28.3. The highest BCUT2D eigenvalue weighted by Gasteiger charge is 2.34. The van der Waals surface area contributed by atoms with Crippen LogP contribution in [0.5, 0.6) is 17.2 Å². The number of esters is 1. The van der Waals surface area contributed by atoms with Gasteiger partial charge in [-0.15, -0.1) is 0 Å². The Morgan fingerprint density at radius 1 is 0.979 bits per heavy atom. The lowest BCUT2D eigenvalue weighted by Gasteiger charge is -2.25. The van der Waals surface area contributed by atoms with Crippen LogP contribution in [0.2, 0.25) is 10.0 Å². The predicted molar refractivity (Wildman–Crippen MR) is 185 cm³/mol. The maximum Gasteiger partial charge on any atom is 0.338 e. The van der Waals surface area contributed by atoms with Gasteiger partial charge < -0.3 is 18.9 Å². The molecule has 0 saturated heterocycles. The van der Waals surface area contributed by atoms with E-state index in [9.17, 15) is 9.59 Å². The third-order valence-corrected chi connectivity index (χ3v) is 9.41. The van der Waals surface area contributed by atoms with Crippen molar-refractivity contribution in [3.8, 4) is 17.2 Å². The van der Waals surface area contributed by atoms with Crippen LogP contribution >= 0.6 is 34.5 Å². The van der Waals surface area contributed by atoms with E-state index in [-0.39, 0.29) is 24.3 Å². The van der Waals surface area contributed by atoms with Crippen molar-refractivity contribution in [1.82, 2.24) is 4.57 Å². The van der Waals surface area contributed by atoms with Crippen molar-refractivity contribution < 1.29 is 23.7 Å². The lowest BCUT2D eigenvalue weighted by Crippen LogP contribution is -2.40. The number of fused-ring (bicyclic) bond motifs is 2. The standard InChI is InChI=1S/C36H30Cl2N2O6S/c1-5-45-35(42)32-20(2)39-36-40(34(41)31(47-36)18-26-25-9-7-6-8-21(25)11-14-28(26)43-3)33(32)22-12-15-29(30(16-22)44-4)46-19-23-10-13-24(37)17-27(23)38/h6-18,33H,5,19H2,1-4H3/b31-18+/t33-/m0/s1. The van der Waals surface area contributed by atoms with Crippen LogP contribution in [-0.2, 0) is 16.1 Å². The van der Waals surface area contributed by atoms with Crippen molar-refractivity contribution in [2.45, 2.75) is 26.5 Å². The lowest BCUT2D eigenvalue weighted by atomic mass is 9.95. The van der Waals surface area contributed by atoms with Gasteiger partial charge in [-0.1, -0.05) is 77.0 Å². The average Bonchev–Trinajstić information content (AvgIpc) is 3.37. The molecule has 0 spiro atoms. The van der Waals surface area contributed by atoms with Crippen molar-refractivity contribution in [3.05, 3.63) is 130 Å². The molecule has 240 valence electrons. The largest absolute Gasteiger partial charge is 0.496 e. The van der Waals surface area contributed by atoms with Crippen LogP contribution in [0.3, 0.4) is 0 Å². The summed E-state index contributed by atoms with van der Waals surface area (Å²) in [7, 11) is 3.13. The summed E-state index contributed by atoms with van der Waals surface area (Å²) < 4.78 is 24.9. The predicted octanol–water partition coefficient (Wildman–Crippen LogP) is 6.85. The number of nitrogens with zero attached hydrogens (tertiary/aromatic N) is 2. The number of aromatic nitrogens is 1. The molecule has 2 heterocycles. The number of ether oxygens (including phenoxy) is 4. The van der Waals surface area contributed by atoms with Crippen molar-refractivity contribution in [2.75, 3.05) is 20.8 Å². The fourth-order valence-corrected chi connectivity index (χ4v) is 7.10. The SMILES string of the molecule is CCOC(=O)C1=C(C)N=c2s/c(=C/c3c(OC)ccc4ccccc34)c(=O)n2[C@H]1c1ccc(OCc2ccc(Cl)cc2Cl)c(OC)c1. The molecule has 0 radical (unpaired) electrons. The average molecular weight is 690 g/mol. The second-order valence-electron chi connectivity index (χ2n) is 10.6. The second-order valence-corrected chi connectivity index (χ2v) is 12.5. The Morgan fingerprint density at radius 2 is 1.74 bits per heavy atom. The molecule has 0 unspecified atom stereocenters. The summed E-state index contributed by atoms with van der Waals surface area (Å²) in [6.45, 7) is 3.81. The van der Waals surface area contributed by atoms with E-state index in [2.05, 4.69) is 0 Å². The van der Waals surface area contributed by atoms with Gasteiger partial charge in [0.15, 0.2) is 16.3 Å². The summed E-state index contributed by atoms with van der Waals surface area (Å²) >= 11 is 13.6. The Balaban J connectivity index is 1.48. The summed E-state index contributed by atoms with van der Waals surface area (Å²) in [5, 5.41) is 2.97. The zero-order valence-electron chi connectivity index (χ0n) is 26.0. The van der Waals surface area contributed by atoms with Crippen LogP contribution in [0.4, 0.5) is 0 Å². The van der Waals surface area contributed by atoms with Gasteiger partial charge in [0.25, 0.3) is 5.56 Å². The molecule has 1 atom stereocenters. The van der Waals surface area contributed by atoms with Gasteiger partial charge in [-0.3, -0.25) is 9.36 Å². The number of hydrogen-bond acceptors (Lipinski definition) is 8. The molecule has 0 bridgehead atoms. The Labute approximate surface area is 284 Å². The number of halogens is 2. The molecule has 47 heavy (non-hydrogen) atoms. The molecule has 6 rings (SSSR count). The molecule has 0 fully saturated rings. The summed E-state index contributed by atoms with van der Waals surface area (Å²) in [6.07, 6.45) is 1.82. The minimum atomic E-state index is -0.837. The van der Waals surface area contributed by atoms with Crippen molar-refractivity contribution in [3.63, 3.8) is 0 Å². The summed E-state index contributed by atoms with van der Waals surface area (Å²) in [4.78, 5) is 32.9. The summed E-state index contributed by atoms with van der Waals surface area (Å²) in [6, 6.07) is 21.4. The first kappa shape index (κ1) is 32.4. The number of rotatable bonds is 9. The molecule has 0 N–H and O–H groups in total. The maximum atomic E-state index is 14.3. The molecular weight excluding hydrogens is 659 g/mol. The molecular formula is C36H30Cl2N2O6S. The normalized spacial score (nSPS) is 14.5. The van der Waals surface area contributed by atoms with Crippen LogP contribution < -0.4 is 29.1 Å². The molecule has 1 aromatic heterocycles. The van der Waals surface area contributed by atoms with E-state index in [1.807, 2.05) is 42.5 Å². The van der Waals surface area contributed by atoms with Crippen molar-refractivity contribution in [1.29, 1.82) is 0 Å². The van der Waals surface area contributed by atoms with Gasteiger partial charge in [0.05, 0.1) is 42.7 Å². The van der Waals surface area contributed by atoms with Gasteiger partial charge in [0.2, 0.25) is 0 Å². The molecule has 11 heteroatoms. The van der Waals surface area contributed by atoms with E-state index in [1.165, 1.54) is 23.0 Å². The van der Waals surface area contributed by atoms with E-state index in [1.54, 1.807) is 57.4 Å². The quantitative estimate of drug-likeness (QED) is 0.157. The Morgan fingerprint density at radius 3 is 2.49 bits per heavy atom. The molecule has 0 amide bonds. The van der Waals surface area contributed by atoms with Gasteiger partial charge in [-0.2, -0.15) is 0 Å². The first-order valence-electron chi connectivity index (χ1n) is 14.7. The fourth-order valence-electron chi connectivity index (χ4n) is 5.61. The van der Waals surface area contributed by atoms with Crippen LogP contribution in [0, 0.1) is 0 Å². The van der Waals surface area contributed by atoms with E-state index < -0.39 is 12.0 Å². The zero-order chi connectivity index (χ0) is 33.2. The number of allylic oxidation sites excluding steroid dienone is 1. The molecule has 5 aromatic rings. The van der Waals surface area contributed by atoms with E-state index in [0.29, 0.717) is 47.9 Å². The first-order chi connectivity index (χ1) is 22.7. The summed E-state index contributed by atoms with van der Waals surface area (Å²) in [5.41, 5.74) is 2.56. The Bertz CT molecular complexity index is 2240. The van der Waals surface area contributed by atoms with E-state index in [4.69, 9.17) is 47.1 Å². The van der Waals surface area contributed by atoms with Crippen LogP contribution in [0.25, 0.3) is 16.8 Å². The van der Waals surface area contributed by atoms with E-state index >= 15 is 0 Å². The fraction of sp³-hybridized carbons (Fsp3) is 0.194. The molecule has 4 aromatic carbocycles. The number of methoxy groups -OCH3 is 2. The minimum absolute atomic E-state index is 0.164. The Hall–Kier alpha value is -4.57. The van der Waals surface area contributed by atoms with Crippen molar-refractivity contribution in [2.24, 2.45) is 4.99 Å². The lowest BCUT2D eigenvalue weighted by molar-refractivity contribution is -0.139. The van der Waals surface area contributed by atoms with Gasteiger partial charge >= 0.3 is 5.97 Å². The number of benzene rings is 4. The highest BCUT2D eigenvalue weighted by molar-refractivity contribution is 7.07. The molecule has 8 nitrogen and oxygen atoms in total. The second kappa shape index (κ2) is 13.7. The number of carbonyl (C=O) groups is 1. The highest BCUT2D eigenvalue weighted by Crippen LogP contribution is 2.37. The number of hydrogen-bond donors (Lipinski definition) is 0. The number of carbonyl (C=O) groups excluding carboxylic acids is 1. The first-order valence-corrected chi connectivity index (χ1v) is 16.3. The van der Waals surface area contributed by atoms with Crippen LogP contribution in [-0.4, -0.2) is 31.4 Å². The molecule has 1 aliphatic heterocycles. The van der Waals surface area contributed by atoms with E-state index in [0.717, 1.165) is 21.9 Å². The van der Waals surface area contributed by atoms with Gasteiger partial charge in [-0.05, 0) is 66.6 Å². The Kier molecular flexibility index (Phi) is 9.40. The molecule has 0 aliphatic carbocycles. The maximum absolute atomic E-state index is 14.3. The van der Waals surface area contributed by atoms with Gasteiger partial charge in [0.1, 0.15) is 12.4 Å². The number of thiazole rings is 1. The smallest absolute Gasteiger partial charge is 0.338 e. The van der Waals surface area contributed by atoms with Gasteiger partial charge in [0, 0.05) is 21.2 Å². The minimum Gasteiger partial charge on any atom is -0.496 e. The monoisotopic (exact) mass is 688 g/mol. The summed E-state index contributed by atoms with van der Waals surface area (Å²) in [5.74, 6) is 0.944. The third kappa shape index (κ3) is 6.26. The highest BCUT2D eigenvalue weighted by atomic mass is 35.5. The van der Waals surface area contributed by atoms with Crippen molar-refractivity contribution >= 4 is 57.4 Å². The van der Waals surface area contributed by atoms with Crippen LogP contribution in [0.1, 0.15) is 36.6 Å². The topological polar surface area (TPSA) is 88.4 Å². The van der Waals surface area contributed by atoms with Gasteiger partial charge in [-0.25, -0.2) is 9.79 Å². The molecule has 1 aliphatic rings. The molecule has 0 saturated carbocycles. The third-order valence-electron chi connectivity index (χ3n) is 7.84.